The fourth-order valence-corrected chi connectivity index (χ4v) is 4.60. The van der Waals surface area contributed by atoms with Gasteiger partial charge in [-0.25, -0.2) is 0 Å². The van der Waals surface area contributed by atoms with Gasteiger partial charge in [0.25, 0.3) is 11.8 Å². The standard InChI is InChI=1S/C16H16BrN3O2S2/c1-4-20(5-2)16(22)13-9(3)10(8-18)15(24-13)19-14(21)11-6-7-12(17)23-11/h6-7H,4-5H2,1-3H3,(H,19,21). The van der Waals surface area contributed by atoms with Gasteiger partial charge in [0.05, 0.1) is 19.1 Å². The van der Waals surface area contributed by atoms with Gasteiger partial charge in [-0.05, 0) is 54.4 Å². The summed E-state index contributed by atoms with van der Waals surface area (Å²) in [6, 6.07) is 5.59. The second-order valence-corrected chi connectivity index (χ2v) is 8.39. The highest BCUT2D eigenvalue weighted by Gasteiger charge is 2.24. The third kappa shape index (κ3) is 3.69. The first-order chi connectivity index (χ1) is 11.4. The summed E-state index contributed by atoms with van der Waals surface area (Å²) in [6.45, 7) is 6.75. The van der Waals surface area contributed by atoms with E-state index in [1.165, 1.54) is 11.3 Å². The lowest BCUT2D eigenvalue weighted by Gasteiger charge is -2.17. The third-order valence-electron chi connectivity index (χ3n) is 3.53. The van der Waals surface area contributed by atoms with Gasteiger partial charge in [0.15, 0.2) is 0 Å². The fraction of sp³-hybridized carbons (Fsp3) is 0.312. The number of carbonyl (C=O) groups excluding carboxylic acids is 2. The third-order valence-corrected chi connectivity index (χ3v) is 6.35. The smallest absolute Gasteiger partial charge is 0.266 e. The number of halogens is 1. The maximum Gasteiger partial charge on any atom is 0.266 e. The highest BCUT2D eigenvalue weighted by molar-refractivity contribution is 9.11. The van der Waals surface area contributed by atoms with E-state index in [9.17, 15) is 14.9 Å². The molecule has 0 spiro atoms. The Labute approximate surface area is 157 Å². The Balaban J connectivity index is 2.34. The van der Waals surface area contributed by atoms with Crippen molar-refractivity contribution in [2.45, 2.75) is 20.8 Å². The van der Waals surface area contributed by atoms with Crippen molar-refractivity contribution in [3.63, 3.8) is 0 Å². The fourth-order valence-electron chi connectivity index (χ4n) is 2.20. The van der Waals surface area contributed by atoms with Crippen LogP contribution in [0.15, 0.2) is 15.9 Å². The van der Waals surface area contributed by atoms with Crippen LogP contribution in [0.5, 0.6) is 0 Å². The molecule has 0 radical (unpaired) electrons. The lowest BCUT2D eigenvalue weighted by atomic mass is 10.1. The van der Waals surface area contributed by atoms with Crippen LogP contribution in [-0.2, 0) is 0 Å². The monoisotopic (exact) mass is 425 g/mol. The van der Waals surface area contributed by atoms with Gasteiger partial charge >= 0.3 is 0 Å². The molecule has 2 aromatic rings. The van der Waals surface area contributed by atoms with Crippen LogP contribution in [0.3, 0.4) is 0 Å². The number of carbonyl (C=O) groups is 2. The van der Waals surface area contributed by atoms with E-state index < -0.39 is 0 Å². The first-order valence-electron chi connectivity index (χ1n) is 7.32. The molecule has 0 unspecified atom stereocenters. The van der Waals surface area contributed by atoms with E-state index in [1.54, 1.807) is 24.0 Å². The van der Waals surface area contributed by atoms with Crippen LogP contribution in [0.25, 0.3) is 0 Å². The van der Waals surface area contributed by atoms with Crippen molar-refractivity contribution in [3.8, 4) is 6.07 Å². The van der Waals surface area contributed by atoms with E-state index in [0.29, 0.717) is 39.0 Å². The lowest BCUT2D eigenvalue weighted by molar-refractivity contribution is 0.0777. The molecular weight excluding hydrogens is 410 g/mol. The number of rotatable bonds is 5. The molecule has 2 aromatic heterocycles. The second kappa shape index (κ2) is 7.92. The van der Waals surface area contributed by atoms with Crippen LogP contribution >= 0.6 is 38.6 Å². The summed E-state index contributed by atoms with van der Waals surface area (Å²) in [7, 11) is 0. The molecule has 0 atom stereocenters. The zero-order valence-corrected chi connectivity index (χ0v) is 16.7. The Morgan fingerprint density at radius 2 is 1.96 bits per heavy atom. The largest absolute Gasteiger partial charge is 0.338 e. The molecule has 0 aliphatic heterocycles. The molecule has 0 aromatic carbocycles. The molecular formula is C16H16BrN3O2S2. The Morgan fingerprint density at radius 3 is 2.46 bits per heavy atom. The predicted molar refractivity (Wildman–Crippen MR) is 101 cm³/mol. The highest BCUT2D eigenvalue weighted by Crippen LogP contribution is 2.34. The minimum Gasteiger partial charge on any atom is -0.338 e. The number of hydrogen-bond acceptors (Lipinski definition) is 5. The van der Waals surface area contributed by atoms with Gasteiger partial charge in [-0.2, -0.15) is 5.26 Å². The van der Waals surface area contributed by atoms with E-state index in [0.717, 1.165) is 15.1 Å². The number of nitrogens with one attached hydrogen (secondary N) is 1. The second-order valence-electron chi connectivity index (χ2n) is 4.91. The lowest BCUT2D eigenvalue weighted by Crippen LogP contribution is -2.30. The summed E-state index contributed by atoms with van der Waals surface area (Å²) < 4.78 is 0.855. The van der Waals surface area contributed by atoms with Crippen molar-refractivity contribution in [1.29, 1.82) is 5.26 Å². The Bertz CT molecular complexity index is 816. The minimum absolute atomic E-state index is 0.113. The van der Waals surface area contributed by atoms with E-state index in [4.69, 9.17) is 0 Å². The number of amides is 2. The number of thiophene rings is 2. The molecule has 126 valence electrons. The van der Waals surface area contributed by atoms with Crippen LogP contribution in [0.1, 0.15) is 44.3 Å². The molecule has 0 fully saturated rings. The molecule has 2 rings (SSSR count). The SMILES string of the molecule is CCN(CC)C(=O)c1sc(NC(=O)c2ccc(Br)s2)c(C#N)c1C. The molecule has 24 heavy (non-hydrogen) atoms. The molecule has 0 aliphatic carbocycles. The quantitative estimate of drug-likeness (QED) is 0.766. The zero-order chi connectivity index (χ0) is 17.9. The van der Waals surface area contributed by atoms with E-state index >= 15 is 0 Å². The molecule has 2 amide bonds. The van der Waals surface area contributed by atoms with Gasteiger partial charge in [0.2, 0.25) is 0 Å². The summed E-state index contributed by atoms with van der Waals surface area (Å²) in [5.74, 6) is -0.399. The number of anilines is 1. The first-order valence-corrected chi connectivity index (χ1v) is 9.74. The van der Waals surface area contributed by atoms with Gasteiger partial charge in [-0.15, -0.1) is 22.7 Å². The molecule has 0 saturated heterocycles. The summed E-state index contributed by atoms with van der Waals surface area (Å²) in [6.07, 6.45) is 0. The molecule has 0 saturated carbocycles. The van der Waals surface area contributed by atoms with Gasteiger partial charge in [0.1, 0.15) is 11.1 Å². The van der Waals surface area contributed by atoms with Crippen LogP contribution in [0.2, 0.25) is 0 Å². The summed E-state index contributed by atoms with van der Waals surface area (Å²) in [5, 5.41) is 12.6. The molecule has 0 bridgehead atoms. The van der Waals surface area contributed by atoms with Crippen LogP contribution in [0, 0.1) is 18.3 Å². The molecule has 0 aliphatic rings. The van der Waals surface area contributed by atoms with Crippen molar-refractivity contribution in [2.75, 3.05) is 18.4 Å². The molecule has 2 heterocycles. The average molecular weight is 426 g/mol. The predicted octanol–water partition coefficient (Wildman–Crippen LogP) is 4.49. The Kier molecular flexibility index (Phi) is 6.15. The van der Waals surface area contributed by atoms with Gasteiger partial charge in [-0.3, -0.25) is 9.59 Å². The maximum absolute atomic E-state index is 12.6. The summed E-state index contributed by atoms with van der Waals surface area (Å²) in [5.41, 5.74) is 0.960. The summed E-state index contributed by atoms with van der Waals surface area (Å²) in [4.78, 5) is 27.6. The highest BCUT2D eigenvalue weighted by atomic mass is 79.9. The van der Waals surface area contributed by atoms with Crippen molar-refractivity contribution >= 4 is 55.4 Å². The number of hydrogen-bond donors (Lipinski definition) is 1. The topological polar surface area (TPSA) is 73.2 Å². The van der Waals surface area contributed by atoms with Gasteiger partial charge in [-0.1, -0.05) is 0 Å². The molecule has 1 N–H and O–H groups in total. The van der Waals surface area contributed by atoms with Crippen molar-refractivity contribution in [2.24, 2.45) is 0 Å². The van der Waals surface area contributed by atoms with E-state index in [2.05, 4.69) is 27.3 Å². The Morgan fingerprint density at radius 1 is 1.29 bits per heavy atom. The maximum atomic E-state index is 12.6. The average Bonchev–Trinajstić information content (AvgIpc) is 3.12. The van der Waals surface area contributed by atoms with Gasteiger partial charge in [0, 0.05) is 13.1 Å². The molecule has 5 nitrogen and oxygen atoms in total. The van der Waals surface area contributed by atoms with Crippen LogP contribution in [-0.4, -0.2) is 29.8 Å². The van der Waals surface area contributed by atoms with Crippen LogP contribution in [0.4, 0.5) is 5.00 Å². The van der Waals surface area contributed by atoms with Crippen LogP contribution < -0.4 is 5.32 Å². The van der Waals surface area contributed by atoms with E-state index in [1.807, 2.05) is 13.8 Å². The number of nitriles is 1. The van der Waals surface area contributed by atoms with Crippen molar-refractivity contribution < 1.29 is 9.59 Å². The summed E-state index contributed by atoms with van der Waals surface area (Å²) >= 11 is 5.78. The minimum atomic E-state index is -0.287. The van der Waals surface area contributed by atoms with Crippen molar-refractivity contribution in [1.82, 2.24) is 4.90 Å². The zero-order valence-electron chi connectivity index (χ0n) is 13.5. The first kappa shape index (κ1) is 18.6. The molecule has 8 heteroatoms. The Hall–Kier alpha value is -1.69. The van der Waals surface area contributed by atoms with Crippen molar-refractivity contribution in [3.05, 3.63) is 36.8 Å². The van der Waals surface area contributed by atoms with Gasteiger partial charge < -0.3 is 10.2 Å². The normalized spacial score (nSPS) is 10.3. The van der Waals surface area contributed by atoms with E-state index in [-0.39, 0.29) is 11.8 Å². The number of nitrogens with zero attached hydrogens (tertiary/aromatic N) is 2.